The zero-order valence-electron chi connectivity index (χ0n) is 8.91. The van der Waals surface area contributed by atoms with E-state index in [9.17, 15) is 8.42 Å². The molecule has 2 rings (SSSR count). The molecular weight excluding hydrogens is 308 g/mol. The lowest BCUT2D eigenvalue weighted by molar-refractivity contribution is 0.593. The zero-order chi connectivity index (χ0) is 12.5. The van der Waals surface area contributed by atoms with Crippen LogP contribution in [0.25, 0.3) is 0 Å². The van der Waals surface area contributed by atoms with Gasteiger partial charge in [0.05, 0.1) is 11.9 Å². The number of hydrogen-bond donors (Lipinski definition) is 0. The molecule has 0 radical (unpaired) electrons. The van der Waals surface area contributed by atoms with Gasteiger partial charge >= 0.3 is 0 Å². The van der Waals surface area contributed by atoms with E-state index < -0.39 is 9.84 Å². The lowest BCUT2D eigenvalue weighted by Gasteiger charge is -2.01. The van der Waals surface area contributed by atoms with Crippen molar-refractivity contribution in [1.29, 1.82) is 0 Å². The molecule has 0 spiro atoms. The highest BCUT2D eigenvalue weighted by atomic mass is 79.9. The van der Waals surface area contributed by atoms with E-state index in [1.807, 2.05) is 0 Å². The Labute approximate surface area is 107 Å². The van der Waals surface area contributed by atoms with Crippen LogP contribution in [0.5, 0.6) is 0 Å². The summed E-state index contributed by atoms with van der Waals surface area (Å²) in [6.07, 6.45) is 0. The first-order chi connectivity index (χ1) is 7.97. The Morgan fingerprint density at radius 3 is 2.76 bits per heavy atom. The summed E-state index contributed by atoms with van der Waals surface area (Å²) in [7, 11) is -1.85. The van der Waals surface area contributed by atoms with Crippen molar-refractivity contribution in [2.45, 2.75) is 10.6 Å². The lowest BCUT2D eigenvalue weighted by atomic mass is 10.4. The zero-order valence-corrected chi connectivity index (χ0v) is 11.3. The average molecular weight is 317 g/mol. The second-order valence-corrected chi connectivity index (χ2v) is 6.32. The summed E-state index contributed by atoms with van der Waals surface area (Å²) in [5, 5.41) is 11.1. The van der Waals surface area contributed by atoms with E-state index in [2.05, 4.69) is 31.3 Å². The van der Waals surface area contributed by atoms with Gasteiger partial charge in [-0.1, -0.05) is 22.0 Å². The van der Waals surface area contributed by atoms with Gasteiger partial charge < -0.3 is 0 Å². The third kappa shape index (κ3) is 2.89. The molecule has 1 aromatic carbocycles. The Hall–Kier alpha value is -1.28. The highest BCUT2D eigenvalue weighted by Gasteiger charge is 2.18. The van der Waals surface area contributed by atoms with Crippen molar-refractivity contribution in [3.63, 3.8) is 0 Å². The molecule has 17 heavy (non-hydrogen) atoms. The quantitative estimate of drug-likeness (QED) is 0.842. The van der Waals surface area contributed by atoms with Crippen LogP contribution in [0.1, 0.15) is 5.82 Å². The molecule has 0 bridgehead atoms. The molecule has 0 amide bonds. The minimum atomic E-state index is -3.43. The van der Waals surface area contributed by atoms with E-state index in [0.717, 1.165) is 0 Å². The van der Waals surface area contributed by atoms with E-state index in [4.69, 9.17) is 0 Å². The van der Waals surface area contributed by atoms with Gasteiger partial charge in [0.25, 0.3) is 0 Å². The molecule has 0 aliphatic heterocycles. The number of aromatic nitrogens is 4. The van der Waals surface area contributed by atoms with E-state index in [-0.39, 0.29) is 16.5 Å². The highest BCUT2D eigenvalue weighted by molar-refractivity contribution is 9.10. The Morgan fingerprint density at radius 2 is 2.18 bits per heavy atom. The fourth-order valence-corrected chi connectivity index (χ4v) is 3.06. The third-order valence-corrected chi connectivity index (χ3v) is 4.13. The summed E-state index contributed by atoms with van der Waals surface area (Å²) in [5.41, 5.74) is 0. The van der Waals surface area contributed by atoms with Crippen molar-refractivity contribution in [2.24, 2.45) is 7.05 Å². The molecule has 1 heterocycles. The molecule has 1 aromatic heterocycles. The van der Waals surface area contributed by atoms with Gasteiger partial charge in [-0.05, 0) is 23.4 Å². The maximum atomic E-state index is 12.0. The van der Waals surface area contributed by atoms with Gasteiger partial charge in [-0.2, -0.15) is 4.80 Å². The van der Waals surface area contributed by atoms with Crippen LogP contribution in [0.4, 0.5) is 0 Å². The van der Waals surface area contributed by atoms with Crippen LogP contribution < -0.4 is 0 Å². The minimum Gasteiger partial charge on any atom is -0.223 e. The molecule has 6 nitrogen and oxygen atoms in total. The number of hydrogen-bond acceptors (Lipinski definition) is 5. The van der Waals surface area contributed by atoms with Crippen molar-refractivity contribution in [1.82, 2.24) is 20.2 Å². The first kappa shape index (κ1) is 12.2. The summed E-state index contributed by atoms with van der Waals surface area (Å²) < 4.78 is 24.8. The summed E-state index contributed by atoms with van der Waals surface area (Å²) in [5.74, 6) is -0.0652. The Morgan fingerprint density at radius 1 is 1.41 bits per heavy atom. The van der Waals surface area contributed by atoms with E-state index in [1.165, 1.54) is 10.9 Å². The van der Waals surface area contributed by atoms with Crippen LogP contribution in [0.3, 0.4) is 0 Å². The van der Waals surface area contributed by atoms with Gasteiger partial charge in [0.15, 0.2) is 15.7 Å². The lowest BCUT2D eigenvalue weighted by Crippen LogP contribution is -2.06. The molecule has 8 heteroatoms. The van der Waals surface area contributed by atoms with Crippen LogP contribution in [-0.4, -0.2) is 28.6 Å². The van der Waals surface area contributed by atoms with Crippen LogP contribution in [-0.2, 0) is 22.6 Å². The van der Waals surface area contributed by atoms with Gasteiger partial charge in [0.1, 0.15) is 5.75 Å². The SMILES string of the molecule is Cn1nnc(CS(=O)(=O)c2cccc(Br)c2)n1. The van der Waals surface area contributed by atoms with Crippen LogP contribution >= 0.6 is 15.9 Å². The van der Waals surface area contributed by atoms with E-state index in [1.54, 1.807) is 25.2 Å². The molecule has 90 valence electrons. The van der Waals surface area contributed by atoms with Gasteiger partial charge in [-0.25, -0.2) is 8.42 Å². The van der Waals surface area contributed by atoms with E-state index >= 15 is 0 Å². The second-order valence-electron chi connectivity index (χ2n) is 3.41. The van der Waals surface area contributed by atoms with Gasteiger partial charge in [-0.15, -0.1) is 10.2 Å². The van der Waals surface area contributed by atoms with Gasteiger partial charge in [-0.3, -0.25) is 0 Å². The molecule has 0 atom stereocenters. The monoisotopic (exact) mass is 316 g/mol. The standard InChI is InChI=1S/C9H9BrN4O2S/c1-14-12-9(11-13-14)6-17(15,16)8-4-2-3-7(10)5-8/h2-5H,6H2,1H3. The topological polar surface area (TPSA) is 77.7 Å². The number of nitrogens with zero attached hydrogens (tertiary/aromatic N) is 4. The van der Waals surface area contributed by atoms with E-state index in [0.29, 0.717) is 4.47 Å². The molecule has 0 aliphatic carbocycles. The largest absolute Gasteiger partial charge is 0.223 e. The second kappa shape index (κ2) is 4.53. The fraction of sp³-hybridized carbons (Fsp3) is 0.222. The number of aryl methyl sites for hydroxylation is 1. The smallest absolute Gasteiger partial charge is 0.190 e. The number of sulfone groups is 1. The van der Waals surface area contributed by atoms with Crippen molar-refractivity contribution in [3.8, 4) is 0 Å². The van der Waals surface area contributed by atoms with Crippen molar-refractivity contribution in [2.75, 3.05) is 0 Å². The fourth-order valence-electron chi connectivity index (χ4n) is 1.29. The molecule has 0 saturated heterocycles. The maximum absolute atomic E-state index is 12.0. The van der Waals surface area contributed by atoms with Crippen molar-refractivity contribution >= 4 is 25.8 Å². The summed E-state index contributed by atoms with van der Waals surface area (Å²) in [6.45, 7) is 0. The van der Waals surface area contributed by atoms with Gasteiger partial charge in [0.2, 0.25) is 0 Å². The number of tetrazole rings is 1. The first-order valence-electron chi connectivity index (χ1n) is 4.68. The Kier molecular flexibility index (Phi) is 3.25. The van der Waals surface area contributed by atoms with Gasteiger partial charge in [0, 0.05) is 4.47 Å². The molecule has 0 saturated carbocycles. The molecule has 0 aliphatic rings. The molecular formula is C9H9BrN4O2S. The van der Waals surface area contributed by atoms with Crippen LogP contribution in [0, 0.1) is 0 Å². The Bertz CT molecular complexity index is 638. The summed E-state index contributed by atoms with van der Waals surface area (Å²) in [6, 6.07) is 6.52. The summed E-state index contributed by atoms with van der Waals surface area (Å²) >= 11 is 3.23. The predicted molar refractivity (Wildman–Crippen MR) is 63.8 cm³/mol. The first-order valence-corrected chi connectivity index (χ1v) is 7.13. The van der Waals surface area contributed by atoms with Crippen molar-refractivity contribution < 1.29 is 8.42 Å². The molecule has 0 N–H and O–H groups in total. The average Bonchev–Trinajstić information content (AvgIpc) is 2.63. The molecule has 0 unspecified atom stereocenters. The Balaban J connectivity index is 2.31. The number of rotatable bonds is 3. The highest BCUT2D eigenvalue weighted by Crippen LogP contribution is 2.18. The van der Waals surface area contributed by atoms with Crippen molar-refractivity contribution in [3.05, 3.63) is 34.6 Å². The number of halogens is 1. The third-order valence-electron chi connectivity index (χ3n) is 2.02. The predicted octanol–water partition coefficient (Wildman–Crippen LogP) is 0.946. The van der Waals surface area contributed by atoms with Crippen LogP contribution in [0.2, 0.25) is 0 Å². The minimum absolute atomic E-state index is 0.187. The molecule has 2 aromatic rings. The number of benzene rings is 1. The summed E-state index contributed by atoms with van der Waals surface area (Å²) in [4.78, 5) is 1.46. The normalized spacial score (nSPS) is 11.6. The maximum Gasteiger partial charge on any atom is 0.190 e. The molecule has 0 fully saturated rings. The van der Waals surface area contributed by atoms with Crippen LogP contribution in [0.15, 0.2) is 33.6 Å².